The second-order valence-corrected chi connectivity index (χ2v) is 1.34. The fourth-order valence-corrected chi connectivity index (χ4v) is 0. The molecule has 144 valence electrons. The third-order valence-electron chi connectivity index (χ3n) is 0. The van der Waals surface area contributed by atoms with Crippen LogP contribution in [0.1, 0.15) is 0 Å². The molecule has 0 saturated carbocycles. The maximum atomic E-state index is 8.25. The van der Waals surface area contributed by atoms with Crippen molar-refractivity contribution in [1.82, 2.24) is 0 Å². The van der Waals surface area contributed by atoms with Crippen LogP contribution in [0.15, 0.2) is 0 Å². The maximum Gasteiger partial charge on any atom is 2.00 e. The fourth-order valence-electron chi connectivity index (χ4n) is 0. The molecule has 27 heteroatoms. The van der Waals surface area contributed by atoms with Gasteiger partial charge < -0.3 is 91.9 Å². The molecular weight excluding hydrogens is 492 g/mol. The second kappa shape index (κ2) is 49.8. The number of nitrogens with zero attached hydrogens (tertiary/aromatic N) is 6. The summed E-state index contributed by atoms with van der Waals surface area (Å²) in [6.07, 6.45) is 0. The quantitative estimate of drug-likeness (QED) is 0.190. The van der Waals surface area contributed by atoms with Crippen LogP contribution in [0.2, 0.25) is 0 Å². The third-order valence-corrected chi connectivity index (χ3v) is 0. The molecule has 24 nitrogen and oxygen atoms in total. The Morgan fingerprint density at radius 2 is 0.259 bits per heavy atom. The number of hydrogen-bond donors (Lipinski definition) is 0. The topological polar surface area (TPSA) is 397 Å². The molecule has 0 radical (unpaired) electrons. The first-order valence-electron chi connectivity index (χ1n) is 3.29. The molecule has 0 fully saturated rings. The predicted octanol–water partition coefficient (Wildman–Crippen LogP) is -2.58. The molecule has 0 bridgehead atoms. The standard InChI is InChI=1S/3Ca.6NO3/c;;;6*2-1(3)4/q3*+2;6*-1. The van der Waals surface area contributed by atoms with Gasteiger partial charge in [0.05, 0.1) is 30.5 Å². The maximum absolute atomic E-state index is 8.25. The van der Waals surface area contributed by atoms with Crippen molar-refractivity contribution in [2.75, 3.05) is 0 Å². The van der Waals surface area contributed by atoms with Gasteiger partial charge in [-0.1, -0.05) is 0 Å². The van der Waals surface area contributed by atoms with Gasteiger partial charge in [-0.15, -0.1) is 0 Å². The van der Waals surface area contributed by atoms with Crippen LogP contribution in [0.4, 0.5) is 0 Å². The van der Waals surface area contributed by atoms with E-state index >= 15 is 0 Å². The molecular formula is Ca3N6O18. The van der Waals surface area contributed by atoms with E-state index in [2.05, 4.69) is 0 Å². The summed E-state index contributed by atoms with van der Waals surface area (Å²) in [6.45, 7) is 0. The van der Waals surface area contributed by atoms with Crippen LogP contribution in [0.3, 0.4) is 0 Å². The molecule has 27 heavy (non-hydrogen) atoms. The Balaban J connectivity index is -0.0000000201. The first-order valence-corrected chi connectivity index (χ1v) is 3.29. The molecule has 0 rings (SSSR count). The normalized spacial score (nSPS) is 5.33. The van der Waals surface area contributed by atoms with Gasteiger partial charge in [-0.3, -0.25) is 0 Å². The summed E-state index contributed by atoms with van der Waals surface area (Å²) in [4.78, 5) is 49.5. The smallest absolute Gasteiger partial charge is 0.356 e. The van der Waals surface area contributed by atoms with Gasteiger partial charge in [0.2, 0.25) is 0 Å². The van der Waals surface area contributed by atoms with Gasteiger partial charge in [-0.2, -0.15) is 0 Å². The van der Waals surface area contributed by atoms with E-state index in [-0.39, 0.29) is 113 Å². The SMILES string of the molecule is O=[N+]([O-])[O-].O=[N+]([O-])[O-].O=[N+]([O-])[O-].O=[N+]([O-])[O-].O=[N+]([O-])[O-].O=[N+]([O-])[O-].[Ca+2].[Ca+2].[Ca+2]. The van der Waals surface area contributed by atoms with Crippen molar-refractivity contribution < 1.29 is 30.5 Å². The predicted molar refractivity (Wildman–Crippen MR) is 79.4 cm³/mol. The Hall–Kier alpha value is -1.02. The summed E-state index contributed by atoms with van der Waals surface area (Å²) in [5, 5.41) is 88.5. The van der Waals surface area contributed by atoms with Crippen molar-refractivity contribution in [2.24, 2.45) is 0 Å². The van der Waals surface area contributed by atoms with Crippen molar-refractivity contribution in [3.8, 4) is 0 Å². The van der Waals surface area contributed by atoms with Crippen molar-refractivity contribution in [3.63, 3.8) is 0 Å². The zero-order valence-electron chi connectivity index (χ0n) is 12.2. The minimum absolute atomic E-state index is 0. The van der Waals surface area contributed by atoms with Crippen molar-refractivity contribution in [3.05, 3.63) is 91.9 Å². The molecule has 0 unspecified atom stereocenters. The van der Waals surface area contributed by atoms with Gasteiger partial charge in [-0.05, 0) is 0 Å². The van der Waals surface area contributed by atoms with Crippen molar-refractivity contribution >= 4 is 113 Å². The molecule has 0 spiro atoms. The molecule has 0 N–H and O–H groups in total. The summed E-state index contributed by atoms with van der Waals surface area (Å²) in [5.74, 6) is 0. The van der Waals surface area contributed by atoms with E-state index in [4.69, 9.17) is 91.9 Å². The molecule has 0 aliphatic carbocycles. The van der Waals surface area contributed by atoms with E-state index in [1.165, 1.54) is 0 Å². The van der Waals surface area contributed by atoms with E-state index in [0.717, 1.165) is 0 Å². The average molecular weight is 492 g/mol. The number of rotatable bonds is 0. The first-order chi connectivity index (χ1) is 10.4. The molecule has 0 aromatic carbocycles. The first kappa shape index (κ1) is 56.2. The Morgan fingerprint density at radius 3 is 0.259 bits per heavy atom. The van der Waals surface area contributed by atoms with E-state index < -0.39 is 30.5 Å². The Labute approximate surface area is 232 Å². The van der Waals surface area contributed by atoms with Crippen LogP contribution in [-0.2, 0) is 0 Å². The minimum atomic E-state index is -1.75. The molecule has 0 saturated heterocycles. The van der Waals surface area contributed by atoms with Gasteiger partial charge in [0.25, 0.3) is 0 Å². The van der Waals surface area contributed by atoms with E-state index in [1.54, 1.807) is 0 Å². The molecule has 0 aromatic heterocycles. The Kier molecular flexibility index (Phi) is 104. The largest absolute Gasteiger partial charge is 2.00 e. The van der Waals surface area contributed by atoms with Gasteiger partial charge in [-0.25, -0.2) is 0 Å². The van der Waals surface area contributed by atoms with Crippen LogP contribution in [0.5, 0.6) is 0 Å². The summed E-state index contributed by atoms with van der Waals surface area (Å²) in [7, 11) is 0. The summed E-state index contributed by atoms with van der Waals surface area (Å²) in [5.41, 5.74) is 0. The summed E-state index contributed by atoms with van der Waals surface area (Å²) >= 11 is 0. The minimum Gasteiger partial charge on any atom is -0.356 e. The van der Waals surface area contributed by atoms with Crippen LogP contribution >= 0.6 is 0 Å². The van der Waals surface area contributed by atoms with E-state index in [0.29, 0.717) is 0 Å². The zero-order chi connectivity index (χ0) is 21.5. The Bertz CT molecular complexity index is 264. The van der Waals surface area contributed by atoms with E-state index in [9.17, 15) is 0 Å². The second-order valence-electron chi connectivity index (χ2n) is 1.34. The van der Waals surface area contributed by atoms with Gasteiger partial charge >= 0.3 is 113 Å². The third kappa shape index (κ3) is 12700. The van der Waals surface area contributed by atoms with Gasteiger partial charge in [0.15, 0.2) is 0 Å². The molecule has 0 aliphatic rings. The van der Waals surface area contributed by atoms with Gasteiger partial charge in [0.1, 0.15) is 0 Å². The molecule has 0 heterocycles. The summed E-state index contributed by atoms with van der Waals surface area (Å²) in [6, 6.07) is 0. The molecule has 0 amide bonds. The molecule has 0 atom stereocenters. The van der Waals surface area contributed by atoms with Crippen molar-refractivity contribution in [2.45, 2.75) is 0 Å². The van der Waals surface area contributed by atoms with E-state index in [1.807, 2.05) is 0 Å². The van der Waals surface area contributed by atoms with Crippen LogP contribution < -0.4 is 0 Å². The van der Waals surface area contributed by atoms with Crippen LogP contribution in [-0.4, -0.2) is 144 Å². The Morgan fingerprint density at radius 1 is 0.259 bits per heavy atom. The summed E-state index contributed by atoms with van der Waals surface area (Å²) < 4.78 is 0. The fraction of sp³-hybridized carbons (Fsp3) is 0. The average Bonchev–Trinajstić information content (AvgIpc) is 2.08. The number of hydrogen-bond acceptors (Lipinski definition) is 18. The monoisotopic (exact) mass is 492 g/mol. The van der Waals surface area contributed by atoms with Crippen LogP contribution in [0, 0.1) is 91.9 Å². The van der Waals surface area contributed by atoms with Crippen LogP contribution in [0.25, 0.3) is 0 Å². The van der Waals surface area contributed by atoms with Crippen molar-refractivity contribution in [1.29, 1.82) is 0 Å². The zero-order valence-corrected chi connectivity index (χ0v) is 18.8. The molecule has 0 aromatic rings. The molecule has 0 aliphatic heterocycles. The van der Waals surface area contributed by atoms with Gasteiger partial charge in [0, 0.05) is 0 Å².